The molecule has 0 aliphatic carbocycles. The molecule has 0 spiro atoms. The molecule has 0 aliphatic rings. The van der Waals surface area contributed by atoms with Crippen LogP contribution in [-0.2, 0) is 16.1 Å². The molecule has 1 aromatic carbocycles. The Labute approximate surface area is 123 Å². The van der Waals surface area contributed by atoms with E-state index in [1.165, 1.54) is 11.9 Å². The van der Waals surface area contributed by atoms with Crippen LogP contribution in [0.4, 0.5) is 4.79 Å². The van der Waals surface area contributed by atoms with Crippen molar-refractivity contribution in [2.24, 2.45) is 0 Å². The molecule has 0 atom stereocenters. The Morgan fingerprint density at radius 3 is 2.29 bits per heavy atom. The van der Waals surface area contributed by atoms with E-state index >= 15 is 0 Å². The second-order valence-electron chi connectivity index (χ2n) is 4.56. The molecule has 1 rings (SSSR count). The Bertz CT molecular complexity index is 490. The predicted molar refractivity (Wildman–Crippen MR) is 78.4 cm³/mol. The molecular weight excluding hydrogens is 272 g/mol. The molecule has 3 N–H and O–H groups in total. The summed E-state index contributed by atoms with van der Waals surface area (Å²) in [6.45, 7) is 0.399. The second kappa shape index (κ2) is 8.70. The number of nitrogens with one attached hydrogen (secondary N) is 3. The summed E-state index contributed by atoms with van der Waals surface area (Å²) in [5, 5.41) is 7.25. The van der Waals surface area contributed by atoms with Crippen LogP contribution in [0.1, 0.15) is 5.56 Å². The fourth-order valence-corrected chi connectivity index (χ4v) is 1.61. The number of carbonyl (C=O) groups is 3. The SMILES string of the molecule is CNC(=O)CN(C)CC(=O)NC(=O)NCc1ccccc1. The number of likely N-dealkylation sites (N-methyl/N-ethyl adjacent to an activating group) is 2. The molecule has 0 radical (unpaired) electrons. The van der Waals surface area contributed by atoms with Crippen molar-refractivity contribution in [3.8, 4) is 0 Å². The lowest BCUT2D eigenvalue weighted by atomic mass is 10.2. The first-order valence-electron chi connectivity index (χ1n) is 6.52. The summed E-state index contributed by atoms with van der Waals surface area (Å²) in [4.78, 5) is 35.8. The molecule has 0 saturated carbocycles. The first kappa shape index (κ1) is 16.6. The third kappa shape index (κ3) is 7.07. The maximum absolute atomic E-state index is 11.6. The highest BCUT2D eigenvalue weighted by atomic mass is 16.2. The van der Waals surface area contributed by atoms with Crippen molar-refractivity contribution in [3.05, 3.63) is 35.9 Å². The first-order chi connectivity index (χ1) is 10.0. The number of hydrogen-bond donors (Lipinski definition) is 3. The van der Waals surface area contributed by atoms with Gasteiger partial charge < -0.3 is 10.6 Å². The molecule has 0 bridgehead atoms. The number of benzene rings is 1. The highest BCUT2D eigenvalue weighted by molar-refractivity contribution is 5.95. The number of rotatable bonds is 6. The van der Waals surface area contributed by atoms with Crippen LogP contribution in [0.15, 0.2) is 30.3 Å². The maximum Gasteiger partial charge on any atom is 0.321 e. The minimum absolute atomic E-state index is 0.0355. The van der Waals surface area contributed by atoms with Crippen molar-refractivity contribution in [3.63, 3.8) is 0 Å². The third-order valence-corrected chi connectivity index (χ3v) is 2.65. The Morgan fingerprint density at radius 2 is 1.67 bits per heavy atom. The number of urea groups is 1. The Morgan fingerprint density at radius 1 is 1.05 bits per heavy atom. The van der Waals surface area contributed by atoms with Gasteiger partial charge in [-0.3, -0.25) is 19.8 Å². The quantitative estimate of drug-likeness (QED) is 0.671. The molecule has 1 aromatic rings. The fourth-order valence-electron chi connectivity index (χ4n) is 1.61. The van der Waals surface area contributed by atoms with Crippen molar-refractivity contribution in [1.82, 2.24) is 20.9 Å². The van der Waals surface area contributed by atoms with Crippen molar-refractivity contribution in [1.29, 1.82) is 0 Å². The number of hydrogen-bond acceptors (Lipinski definition) is 4. The molecule has 0 fully saturated rings. The van der Waals surface area contributed by atoms with Gasteiger partial charge in [0.05, 0.1) is 13.1 Å². The Kier molecular flexibility index (Phi) is 6.90. The van der Waals surface area contributed by atoms with Crippen LogP contribution in [0.2, 0.25) is 0 Å². The van der Waals surface area contributed by atoms with E-state index in [0.29, 0.717) is 6.54 Å². The molecule has 0 saturated heterocycles. The predicted octanol–water partition coefficient (Wildman–Crippen LogP) is -0.310. The fraction of sp³-hybridized carbons (Fsp3) is 0.357. The van der Waals surface area contributed by atoms with Gasteiger partial charge in [-0.2, -0.15) is 0 Å². The zero-order valence-corrected chi connectivity index (χ0v) is 12.2. The van der Waals surface area contributed by atoms with E-state index < -0.39 is 11.9 Å². The van der Waals surface area contributed by atoms with Gasteiger partial charge >= 0.3 is 6.03 Å². The molecule has 114 valence electrons. The first-order valence-corrected chi connectivity index (χ1v) is 6.52. The van der Waals surface area contributed by atoms with Gasteiger partial charge in [-0.05, 0) is 12.6 Å². The number of amides is 4. The lowest BCUT2D eigenvalue weighted by Gasteiger charge is -2.14. The largest absolute Gasteiger partial charge is 0.358 e. The standard InChI is InChI=1S/C14H20N4O3/c1-15-12(19)9-18(2)10-13(20)17-14(21)16-8-11-6-4-3-5-7-11/h3-7H,8-10H2,1-2H3,(H,15,19)(H2,16,17,20,21). The molecular formula is C14H20N4O3. The van der Waals surface area contributed by atoms with E-state index in [1.807, 2.05) is 30.3 Å². The number of carbonyl (C=O) groups excluding carboxylic acids is 3. The van der Waals surface area contributed by atoms with Crippen LogP contribution >= 0.6 is 0 Å². The van der Waals surface area contributed by atoms with Crippen molar-refractivity contribution >= 4 is 17.8 Å². The molecule has 0 aliphatic heterocycles. The van der Waals surface area contributed by atoms with Gasteiger partial charge in [0.25, 0.3) is 0 Å². The summed E-state index contributed by atoms with van der Waals surface area (Å²) in [5.41, 5.74) is 0.942. The van der Waals surface area contributed by atoms with Gasteiger partial charge in [-0.25, -0.2) is 4.79 Å². The van der Waals surface area contributed by atoms with Gasteiger partial charge in [0.15, 0.2) is 0 Å². The Balaban J connectivity index is 2.27. The molecule has 4 amide bonds. The van der Waals surface area contributed by atoms with E-state index in [0.717, 1.165) is 5.56 Å². The van der Waals surface area contributed by atoms with Crippen LogP contribution < -0.4 is 16.0 Å². The third-order valence-electron chi connectivity index (χ3n) is 2.65. The van der Waals surface area contributed by atoms with Gasteiger partial charge in [-0.1, -0.05) is 30.3 Å². The molecule has 0 unspecified atom stereocenters. The van der Waals surface area contributed by atoms with Crippen LogP contribution in [-0.4, -0.2) is 49.9 Å². The number of imide groups is 1. The minimum Gasteiger partial charge on any atom is -0.358 e. The topological polar surface area (TPSA) is 90.5 Å². The van der Waals surface area contributed by atoms with Crippen molar-refractivity contribution in [2.45, 2.75) is 6.54 Å². The normalized spacial score (nSPS) is 10.0. The van der Waals surface area contributed by atoms with E-state index in [2.05, 4.69) is 16.0 Å². The van der Waals surface area contributed by atoms with Crippen LogP contribution in [0.25, 0.3) is 0 Å². The summed E-state index contributed by atoms with van der Waals surface area (Å²) in [6, 6.07) is 8.81. The Hall–Kier alpha value is -2.41. The minimum atomic E-state index is -0.558. The average molecular weight is 292 g/mol. The lowest BCUT2D eigenvalue weighted by Crippen LogP contribution is -2.45. The van der Waals surface area contributed by atoms with Gasteiger partial charge in [0.2, 0.25) is 11.8 Å². The molecule has 7 heteroatoms. The molecule has 7 nitrogen and oxygen atoms in total. The smallest absolute Gasteiger partial charge is 0.321 e. The van der Waals surface area contributed by atoms with Gasteiger partial charge in [-0.15, -0.1) is 0 Å². The van der Waals surface area contributed by atoms with Crippen LogP contribution in [0.3, 0.4) is 0 Å². The highest BCUT2D eigenvalue weighted by Gasteiger charge is 2.12. The molecule has 21 heavy (non-hydrogen) atoms. The summed E-state index contributed by atoms with van der Waals surface area (Å²) in [5.74, 6) is -0.661. The van der Waals surface area contributed by atoms with E-state index in [-0.39, 0.29) is 19.0 Å². The zero-order valence-electron chi connectivity index (χ0n) is 12.2. The van der Waals surface area contributed by atoms with Gasteiger partial charge in [0, 0.05) is 13.6 Å². The summed E-state index contributed by atoms with van der Waals surface area (Å²) >= 11 is 0. The van der Waals surface area contributed by atoms with Crippen LogP contribution in [0, 0.1) is 0 Å². The molecule has 0 aromatic heterocycles. The summed E-state index contributed by atoms with van der Waals surface area (Å²) in [6.07, 6.45) is 0. The van der Waals surface area contributed by atoms with Crippen molar-refractivity contribution in [2.75, 3.05) is 27.2 Å². The van der Waals surface area contributed by atoms with E-state index in [9.17, 15) is 14.4 Å². The highest BCUT2D eigenvalue weighted by Crippen LogP contribution is 1.96. The average Bonchev–Trinajstić information content (AvgIpc) is 2.45. The lowest BCUT2D eigenvalue weighted by molar-refractivity contribution is -0.123. The van der Waals surface area contributed by atoms with E-state index in [4.69, 9.17) is 0 Å². The van der Waals surface area contributed by atoms with Crippen molar-refractivity contribution < 1.29 is 14.4 Å². The van der Waals surface area contributed by atoms with Crippen LogP contribution in [0.5, 0.6) is 0 Å². The van der Waals surface area contributed by atoms with E-state index in [1.54, 1.807) is 7.05 Å². The summed E-state index contributed by atoms with van der Waals surface area (Å²) in [7, 11) is 3.14. The molecule has 0 heterocycles. The zero-order chi connectivity index (χ0) is 15.7. The summed E-state index contributed by atoms with van der Waals surface area (Å²) < 4.78 is 0. The van der Waals surface area contributed by atoms with Gasteiger partial charge in [0.1, 0.15) is 0 Å². The second-order valence-corrected chi connectivity index (χ2v) is 4.56. The monoisotopic (exact) mass is 292 g/mol. The number of nitrogens with zero attached hydrogens (tertiary/aromatic N) is 1. The maximum atomic E-state index is 11.6.